The SMILES string of the molecule is CSc1ccc(CN=Nc2nncn2N)cc1. The molecule has 7 heteroatoms. The van der Waals surface area contributed by atoms with Crippen molar-refractivity contribution >= 4 is 17.7 Å². The van der Waals surface area contributed by atoms with Crippen molar-refractivity contribution in [2.45, 2.75) is 11.4 Å². The van der Waals surface area contributed by atoms with Crippen LogP contribution in [0.5, 0.6) is 0 Å². The summed E-state index contributed by atoms with van der Waals surface area (Å²) in [5.74, 6) is 5.79. The molecule has 0 aliphatic heterocycles. The van der Waals surface area contributed by atoms with Gasteiger partial charge in [0.2, 0.25) is 0 Å². The number of thioether (sulfide) groups is 1. The van der Waals surface area contributed by atoms with Gasteiger partial charge in [-0.25, -0.2) is 4.68 Å². The molecule has 0 saturated carbocycles. The van der Waals surface area contributed by atoms with Crippen molar-refractivity contribution in [3.05, 3.63) is 36.2 Å². The number of hydrogen-bond donors (Lipinski definition) is 1. The van der Waals surface area contributed by atoms with Gasteiger partial charge in [-0.2, -0.15) is 5.11 Å². The second-order valence-electron chi connectivity index (χ2n) is 3.29. The second-order valence-corrected chi connectivity index (χ2v) is 4.17. The van der Waals surface area contributed by atoms with Crippen LogP contribution in [-0.2, 0) is 6.54 Å². The van der Waals surface area contributed by atoms with Crippen LogP contribution in [0.25, 0.3) is 0 Å². The predicted molar refractivity (Wildman–Crippen MR) is 66.6 cm³/mol. The van der Waals surface area contributed by atoms with E-state index in [1.807, 2.05) is 18.4 Å². The summed E-state index contributed by atoms with van der Waals surface area (Å²) in [5, 5.41) is 15.2. The fourth-order valence-electron chi connectivity index (χ4n) is 1.22. The molecule has 0 aliphatic rings. The molecule has 2 N–H and O–H groups in total. The number of rotatable bonds is 4. The quantitative estimate of drug-likeness (QED) is 0.509. The first-order chi connectivity index (χ1) is 8.29. The Morgan fingerprint density at radius 1 is 1.35 bits per heavy atom. The summed E-state index contributed by atoms with van der Waals surface area (Å²) in [6.45, 7) is 0.502. The van der Waals surface area contributed by atoms with Crippen LogP contribution in [0.15, 0.2) is 45.7 Å². The Labute approximate surface area is 103 Å². The second kappa shape index (κ2) is 5.44. The van der Waals surface area contributed by atoms with Gasteiger partial charge < -0.3 is 5.84 Å². The lowest BCUT2D eigenvalue weighted by atomic mass is 10.2. The van der Waals surface area contributed by atoms with Crippen LogP contribution in [0.1, 0.15) is 5.56 Å². The van der Waals surface area contributed by atoms with Crippen LogP contribution in [0, 0.1) is 0 Å². The Morgan fingerprint density at radius 3 is 2.71 bits per heavy atom. The zero-order valence-electron chi connectivity index (χ0n) is 9.32. The maximum absolute atomic E-state index is 5.49. The number of nitrogens with zero attached hydrogens (tertiary/aromatic N) is 5. The highest BCUT2D eigenvalue weighted by atomic mass is 32.2. The third-order valence-corrected chi connectivity index (χ3v) is 2.87. The molecular weight excluding hydrogens is 236 g/mol. The zero-order chi connectivity index (χ0) is 12.1. The highest BCUT2D eigenvalue weighted by Crippen LogP contribution is 2.15. The fraction of sp³-hybridized carbons (Fsp3) is 0.200. The lowest BCUT2D eigenvalue weighted by Crippen LogP contribution is -2.04. The molecule has 0 unspecified atom stereocenters. The number of nitrogen functional groups attached to an aromatic ring is 1. The molecular formula is C10H12N6S. The Balaban J connectivity index is 1.97. The molecule has 0 radical (unpaired) electrons. The number of aromatic nitrogens is 3. The van der Waals surface area contributed by atoms with Crippen molar-refractivity contribution < 1.29 is 0 Å². The standard InChI is InChI=1S/C10H12N6S/c1-17-9-4-2-8(3-5-9)6-12-14-10-15-13-7-16(10)11/h2-5,7H,6,11H2,1H3. The van der Waals surface area contributed by atoms with E-state index in [9.17, 15) is 0 Å². The first kappa shape index (κ1) is 11.6. The fourth-order valence-corrected chi connectivity index (χ4v) is 1.63. The molecule has 17 heavy (non-hydrogen) atoms. The number of hydrogen-bond acceptors (Lipinski definition) is 6. The van der Waals surface area contributed by atoms with Crippen molar-refractivity contribution in [2.75, 3.05) is 12.1 Å². The molecule has 1 aromatic heterocycles. The number of nitrogens with two attached hydrogens (primary N) is 1. The van der Waals surface area contributed by atoms with Gasteiger partial charge >= 0.3 is 0 Å². The highest BCUT2D eigenvalue weighted by Gasteiger charge is 1.97. The van der Waals surface area contributed by atoms with Crippen molar-refractivity contribution in [1.82, 2.24) is 14.9 Å². The summed E-state index contributed by atoms with van der Waals surface area (Å²) < 4.78 is 1.22. The number of azo groups is 1. The topological polar surface area (TPSA) is 81.5 Å². The summed E-state index contributed by atoms with van der Waals surface area (Å²) in [4.78, 5) is 1.23. The molecule has 0 atom stereocenters. The third kappa shape index (κ3) is 3.04. The van der Waals surface area contributed by atoms with Gasteiger partial charge in [-0.3, -0.25) is 0 Å². The Kier molecular flexibility index (Phi) is 3.71. The molecule has 6 nitrogen and oxygen atoms in total. The van der Waals surface area contributed by atoms with Gasteiger partial charge in [-0.1, -0.05) is 12.1 Å². The summed E-state index contributed by atoms with van der Waals surface area (Å²) in [5.41, 5.74) is 1.09. The van der Waals surface area contributed by atoms with Gasteiger partial charge in [0.1, 0.15) is 6.33 Å². The maximum atomic E-state index is 5.49. The van der Waals surface area contributed by atoms with E-state index >= 15 is 0 Å². The minimum atomic E-state index is 0.297. The van der Waals surface area contributed by atoms with E-state index in [1.54, 1.807) is 11.8 Å². The van der Waals surface area contributed by atoms with E-state index in [2.05, 4.69) is 32.6 Å². The first-order valence-electron chi connectivity index (χ1n) is 4.95. The van der Waals surface area contributed by atoms with E-state index < -0.39 is 0 Å². The maximum Gasteiger partial charge on any atom is 0.287 e. The summed E-state index contributed by atoms with van der Waals surface area (Å²) >= 11 is 1.71. The average molecular weight is 248 g/mol. The molecule has 0 saturated heterocycles. The van der Waals surface area contributed by atoms with Crippen molar-refractivity contribution in [3.8, 4) is 0 Å². The van der Waals surface area contributed by atoms with Gasteiger partial charge in [0.15, 0.2) is 0 Å². The summed E-state index contributed by atoms with van der Waals surface area (Å²) in [7, 11) is 0. The van der Waals surface area contributed by atoms with Crippen molar-refractivity contribution in [2.24, 2.45) is 10.2 Å². The monoisotopic (exact) mass is 248 g/mol. The number of benzene rings is 1. The predicted octanol–water partition coefficient (Wildman–Crippen LogP) is 2.00. The molecule has 1 heterocycles. The van der Waals surface area contributed by atoms with Crippen LogP contribution < -0.4 is 5.84 Å². The highest BCUT2D eigenvalue weighted by molar-refractivity contribution is 7.98. The van der Waals surface area contributed by atoms with Gasteiger partial charge in [-0.15, -0.1) is 27.1 Å². The van der Waals surface area contributed by atoms with Crippen molar-refractivity contribution in [1.29, 1.82) is 0 Å². The van der Waals surface area contributed by atoms with Crippen LogP contribution >= 0.6 is 11.8 Å². The van der Waals surface area contributed by atoms with Crippen LogP contribution in [0.2, 0.25) is 0 Å². The van der Waals surface area contributed by atoms with Gasteiger partial charge in [0.25, 0.3) is 5.95 Å². The molecule has 2 aromatic rings. The van der Waals surface area contributed by atoms with Crippen LogP contribution in [0.4, 0.5) is 5.95 Å². The van der Waals surface area contributed by atoms with E-state index in [0.29, 0.717) is 12.5 Å². The Bertz CT molecular complexity index is 504. The normalized spacial score (nSPS) is 11.1. The van der Waals surface area contributed by atoms with E-state index in [1.165, 1.54) is 15.9 Å². The van der Waals surface area contributed by atoms with Crippen LogP contribution in [-0.4, -0.2) is 21.1 Å². The minimum absolute atomic E-state index is 0.297. The lowest BCUT2D eigenvalue weighted by molar-refractivity contribution is 0.892. The largest absolute Gasteiger partial charge is 0.335 e. The van der Waals surface area contributed by atoms with Crippen LogP contribution in [0.3, 0.4) is 0 Å². The molecule has 0 amide bonds. The van der Waals surface area contributed by atoms with Gasteiger partial charge in [0.05, 0.1) is 6.54 Å². The molecule has 88 valence electrons. The van der Waals surface area contributed by atoms with E-state index in [-0.39, 0.29) is 0 Å². The molecule has 0 bridgehead atoms. The smallest absolute Gasteiger partial charge is 0.287 e. The zero-order valence-corrected chi connectivity index (χ0v) is 10.1. The lowest BCUT2D eigenvalue weighted by Gasteiger charge is -1.98. The summed E-state index contributed by atoms with van der Waals surface area (Å²) in [6.07, 6.45) is 3.42. The van der Waals surface area contributed by atoms with Gasteiger partial charge in [0, 0.05) is 4.90 Å². The average Bonchev–Trinajstić information content (AvgIpc) is 2.76. The molecule has 2 rings (SSSR count). The Hall–Kier alpha value is -1.89. The first-order valence-corrected chi connectivity index (χ1v) is 6.17. The Morgan fingerprint density at radius 2 is 2.12 bits per heavy atom. The summed E-state index contributed by atoms with van der Waals surface area (Å²) in [6, 6.07) is 8.16. The minimum Gasteiger partial charge on any atom is -0.335 e. The van der Waals surface area contributed by atoms with E-state index in [4.69, 9.17) is 5.84 Å². The molecule has 0 fully saturated rings. The molecule has 1 aromatic carbocycles. The van der Waals surface area contributed by atoms with Crippen molar-refractivity contribution in [3.63, 3.8) is 0 Å². The molecule has 0 spiro atoms. The van der Waals surface area contributed by atoms with E-state index in [0.717, 1.165) is 5.56 Å². The molecule has 0 aliphatic carbocycles. The van der Waals surface area contributed by atoms with Gasteiger partial charge in [-0.05, 0) is 24.0 Å². The third-order valence-electron chi connectivity index (χ3n) is 2.13.